The lowest BCUT2D eigenvalue weighted by Crippen LogP contribution is -2.24. The number of rotatable bonds is 5. The van der Waals surface area contributed by atoms with Crippen molar-refractivity contribution in [3.63, 3.8) is 0 Å². The third-order valence-corrected chi connectivity index (χ3v) is 6.87. The molecule has 0 saturated carbocycles. The highest BCUT2D eigenvalue weighted by Crippen LogP contribution is 2.39. The molecule has 3 aromatic rings. The molecule has 1 aliphatic rings. The van der Waals surface area contributed by atoms with Crippen LogP contribution in [-0.2, 0) is 10.8 Å². The predicted molar refractivity (Wildman–Crippen MR) is 129 cm³/mol. The van der Waals surface area contributed by atoms with Gasteiger partial charge >= 0.3 is 6.11 Å². The molecule has 0 bridgehead atoms. The largest absolute Gasteiger partial charge is 0.429 e. The summed E-state index contributed by atoms with van der Waals surface area (Å²) in [6.45, 7) is 8.81. The molecule has 2 atom stereocenters. The number of hydrogen-bond donors (Lipinski definition) is 0. The number of alkyl halides is 3. The van der Waals surface area contributed by atoms with E-state index in [1.165, 1.54) is 6.07 Å². The van der Waals surface area contributed by atoms with Gasteiger partial charge in [-0.15, -0.1) is 0 Å². The maximum Gasteiger partial charge on any atom is 0.427 e. The molecule has 1 heterocycles. The van der Waals surface area contributed by atoms with Gasteiger partial charge in [-0.2, -0.15) is 8.78 Å². The Balaban J connectivity index is 1.62. The van der Waals surface area contributed by atoms with Crippen molar-refractivity contribution < 1.29 is 27.0 Å². The SMILES string of the molecule is Cc1cc(OC(F)(F)c2c(C)cc(-c3ccc(C4CCC(F)CO4)cc3F)cc2C)cc(C)c1C. The van der Waals surface area contributed by atoms with Gasteiger partial charge in [0.2, 0.25) is 0 Å². The van der Waals surface area contributed by atoms with Gasteiger partial charge in [0.05, 0.1) is 18.3 Å². The lowest BCUT2D eigenvalue weighted by molar-refractivity contribution is -0.186. The topological polar surface area (TPSA) is 18.5 Å². The second-order valence-corrected chi connectivity index (χ2v) is 9.52. The molecule has 1 fully saturated rings. The van der Waals surface area contributed by atoms with Gasteiger partial charge < -0.3 is 9.47 Å². The van der Waals surface area contributed by atoms with Crippen molar-refractivity contribution in [2.45, 2.75) is 65.8 Å². The van der Waals surface area contributed by atoms with Crippen molar-refractivity contribution in [1.29, 1.82) is 0 Å². The van der Waals surface area contributed by atoms with Crippen LogP contribution in [0.25, 0.3) is 11.1 Å². The number of aryl methyl sites for hydroxylation is 4. The maximum atomic E-state index is 15.3. The summed E-state index contributed by atoms with van der Waals surface area (Å²) in [6.07, 6.45) is -4.02. The van der Waals surface area contributed by atoms with E-state index in [2.05, 4.69) is 0 Å². The van der Waals surface area contributed by atoms with E-state index in [9.17, 15) is 4.39 Å². The Morgan fingerprint density at radius 3 is 2.03 bits per heavy atom. The first-order valence-corrected chi connectivity index (χ1v) is 11.8. The van der Waals surface area contributed by atoms with Crippen LogP contribution in [0.1, 0.15) is 57.9 Å². The molecular formula is C29H30F4O2. The van der Waals surface area contributed by atoms with Crippen LogP contribution in [-0.4, -0.2) is 12.8 Å². The Morgan fingerprint density at radius 2 is 1.49 bits per heavy atom. The molecule has 0 amide bonds. The van der Waals surface area contributed by atoms with E-state index in [0.717, 1.165) is 16.7 Å². The fourth-order valence-corrected chi connectivity index (χ4v) is 4.78. The van der Waals surface area contributed by atoms with E-state index in [4.69, 9.17) is 9.47 Å². The van der Waals surface area contributed by atoms with Crippen molar-refractivity contribution in [3.8, 4) is 16.9 Å². The average molecular weight is 487 g/mol. The Kier molecular flexibility index (Phi) is 6.96. The highest BCUT2D eigenvalue weighted by molar-refractivity contribution is 5.67. The molecule has 3 aromatic carbocycles. The zero-order chi connectivity index (χ0) is 25.5. The quantitative estimate of drug-likeness (QED) is 0.337. The minimum atomic E-state index is -3.56. The fraction of sp³-hybridized carbons (Fsp3) is 0.379. The molecule has 1 saturated heterocycles. The van der Waals surface area contributed by atoms with Crippen LogP contribution in [0.2, 0.25) is 0 Å². The van der Waals surface area contributed by atoms with Crippen molar-refractivity contribution in [2.24, 2.45) is 0 Å². The Morgan fingerprint density at radius 1 is 0.857 bits per heavy atom. The van der Waals surface area contributed by atoms with E-state index in [0.29, 0.717) is 40.7 Å². The predicted octanol–water partition coefficient (Wildman–Crippen LogP) is 8.35. The first kappa shape index (κ1) is 25.2. The molecule has 0 aromatic heterocycles. The molecule has 186 valence electrons. The summed E-state index contributed by atoms with van der Waals surface area (Å²) in [5, 5.41) is 0. The molecule has 1 aliphatic heterocycles. The van der Waals surface area contributed by atoms with Gasteiger partial charge in [-0.05, 0) is 105 Å². The van der Waals surface area contributed by atoms with E-state index in [1.807, 2.05) is 20.8 Å². The summed E-state index contributed by atoms with van der Waals surface area (Å²) < 4.78 is 69.7. The Bertz CT molecular complexity index is 1200. The molecular weight excluding hydrogens is 456 g/mol. The Hall–Kier alpha value is -2.86. The van der Waals surface area contributed by atoms with Crippen LogP contribution < -0.4 is 4.74 Å². The molecule has 6 heteroatoms. The molecule has 35 heavy (non-hydrogen) atoms. The average Bonchev–Trinajstić information content (AvgIpc) is 2.76. The molecule has 4 rings (SSSR count). The van der Waals surface area contributed by atoms with Crippen LogP contribution >= 0.6 is 0 Å². The second kappa shape index (κ2) is 9.65. The van der Waals surface area contributed by atoms with E-state index >= 15 is 13.2 Å². The van der Waals surface area contributed by atoms with Crippen LogP contribution in [0.15, 0.2) is 42.5 Å². The molecule has 0 spiro atoms. The molecule has 0 aliphatic carbocycles. The molecule has 2 unspecified atom stereocenters. The van der Waals surface area contributed by atoms with E-state index in [1.54, 1.807) is 50.2 Å². The lowest BCUT2D eigenvalue weighted by atomic mass is 9.93. The van der Waals surface area contributed by atoms with Crippen LogP contribution in [0, 0.1) is 40.4 Å². The summed E-state index contributed by atoms with van der Waals surface area (Å²) in [7, 11) is 0. The lowest BCUT2D eigenvalue weighted by Gasteiger charge is -2.26. The van der Waals surface area contributed by atoms with Gasteiger partial charge in [0.25, 0.3) is 0 Å². The van der Waals surface area contributed by atoms with Crippen LogP contribution in [0.3, 0.4) is 0 Å². The van der Waals surface area contributed by atoms with Crippen molar-refractivity contribution >= 4 is 0 Å². The standard InChI is InChI=1S/C29H30F4O2/c1-16-12-24(13-17(2)20(16)5)35-29(32,33)28-18(3)10-22(11-19(28)4)25-8-6-21(14-26(25)31)27-9-7-23(30)15-34-27/h6,8,10-14,23,27H,7,9,15H2,1-5H3. The first-order valence-electron chi connectivity index (χ1n) is 11.8. The van der Waals surface area contributed by atoms with Crippen LogP contribution in [0.5, 0.6) is 5.75 Å². The zero-order valence-electron chi connectivity index (χ0n) is 20.6. The minimum Gasteiger partial charge on any atom is -0.429 e. The van der Waals surface area contributed by atoms with Crippen molar-refractivity contribution in [1.82, 2.24) is 0 Å². The monoisotopic (exact) mass is 486 g/mol. The number of hydrogen-bond acceptors (Lipinski definition) is 2. The second-order valence-electron chi connectivity index (χ2n) is 9.52. The summed E-state index contributed by atoms with van der Waals surface area (Å²) in [4.78, 5) is 0. The number of benzene rings is 3. The Labute approximate surface area is 203 Å². The molecule has 0 N–H and O–H groups in total. The molecule has 0 radical (unpaired) electrons. The van der Waals surface area contributed by atoms with Gasteiger partial charge in [-0.3, -0.25) is 0 Å². The summed E-state index contributed by atoms with van der Waals surface area (Å²) >= 11 is 0. The summed E-state index contributed by atoms with van der Waals surface area (Å²) in [6, 6.07) is 11.1. The van der Waals surface area contributed by atoms with Crippen molar-refractivity contribution in [2.75, 3.05) is 6.61 Å². The third kappa shape index (κ3) is 5.22. The normalized spacial score (nSPS) is 18.5. The molecule has 2 nitrogen and oxygen atoms in total. The van der Waals surface area contributed by atoms with Crippen molar-refractivity contribution in [3.05, 3.63) is 87.2 Å². The summed E-state index contributed by atoms with van der Waals surface area (Å²) in [5.41, 5.74) is 4.61. The fourth-order valence-electron chi connectivity index (χ4n) is 4.78. The zero-order valence-corrected chi connectivity index (χ0v) is 20.6. The van der Waals surface area contributed by atoms with Gasteiger partial charge in [0, 0.05) is 5.56 Å². The maximum absolute atomic E-state index is 15.3. The van der Waals surface area contributed by atoms with E-state index < -0.39 is 18.1 Å². The summed E-state index contributed by atoms with van der Waals surface area (Å²) in [5.74, 6) is -0.377. The van der Waals surface area contributed by atoms with Gasteiger partial charge in [-0.25, -0.2) is 8.78 Å². The minimum absolute atomic E-state index is 0.00585. The smallest absolute Gasteiger partial charge is 0.427 e. The highest BCUT2D eigenvalue weighted by atomic mass is 19.3. The third-order valence-electron chi connectivity index (χ3n) is 6.87. The van der Waals surface area contributed by atoms with Gasteiger partial charge in [0.1, 0.15) is 17.7 Å². The number of ether oxygens (including phenoxy) is 2. The number of halogens is 4. The highest BCUT2D eigenvalue weighted by Gasteiger charge is 2.38. The van der Waals surface area contributed by atoms with Gasteiger partial charge in [-0.1, -0.05) is 24.3 Å². The van der Waals surface area contributed by atoms with E-state index in [-0.39, 0.29) is 24.0 Å². The van der Waals surface area contributed by atoms with Gasteiger partial charge in [0.15, 0.2) is 0 Å². The van der Waals surface area contributed by atoms with Crippen LogP contribution in [0.4, 0.5) is 17.6 Å². The first-order chi connectivity index (χ1) is 16.5.